The Morgan fingerprint density at radius 1 is 1.04 bits per heavy atom. The second kappa shape index (κ2) is 5.94. The second-order valence-electron chi connectivity index (χ2n) is 6.02. The zero-order valence-electron chi connectivity index (χ0n) is 13.2. The quantitative estimate of drug-likeness (QED) is 0.681. The highest BCUT2D eigenvalue weighted by Crippen LogP contribution is 2.30. The first kappa shape index (κ1) is 15.2. The number of hydrogen-bond acceptors (Lipinski definition) is 4. The molecule has 0 unspecified atom stereocenters. The van der Waals surface area contributed by atoms with Gasteiger partial charge in [0.25, 0.3) is 5.91 Å². The fraction of sp³-hybridized carbons (Fsp3) is 0.167. The Bertz CT molecular complexity index is 1030. The number of H-pyrrole nitrogens is 1. The summed E-state index contributed by atoms with van der Waals surface area (Å²) in [6.07, 6.45) is 1.84. The van der Waals surface area contributed by atoms with E-state index in [1.54, 1.807) is 42.5 Å². The number of benzene rings is 2. The lowest BCUT2D eigenvalue weighted by Gasteiger charge is -2.08. The maximum atomic E-state index is 12.4. The zero-order chi connectivity index (χ0) is 17.4. The summed E-state index contributed by atoms with van der Waals surface area (Å²) in [6.45, 7) is 0. The lowest BCUT2D eigenvalue weighted by Crippen LogP contribution is -2.15. The van der Waals surface area contributed by atoms with Crippen molar-refractivity contribution in [2.24, 2.45) is 5.92 Å². The first-order valence-electron chi connectivity index (χ1n) is 7.94. The van der Waals surface area contributed by atoms with Crippen LogP contribution in [0.1, 0.15) is 23.2 Å². The number of anilines is 2. The SMILES string of the molecule is O=C(Nc1ccc2oc(=O)[nH]c2c1)c1cccc(NC(=O)C2CC2)c1. The minimum absolute atomic E-state index is 0.00748. The number of aromatic amines is 1. The van der Waals surface area contributed by atoms with E-state index < -0.39 is 5.76 Å². The van der Waals surface area contributed by atoms with Gasteiger partial charge in [-0.2, -0.15) is 0 Å². The Morgan fingerprint density at radius 3 is 2.64 bits per heavy atom. The molecule has 2 aromatic carbocycles. The average molecular weight is 337 g/mol. The molecule has 0 bridgehead atoms. The molecule has 0 spiro atoms. The van der Waals surface area contributed by atoms with Crippen molar-refractivity contribution in [3.63, 3.8) is 0 Å². The minimum Gasteiger partial charge on any atom is -0.408 e. The predicted molar refractivity (Wildman–Crippen MR) is 92.6 cm³/mol. The van der Waals surface area contributed by atoms with E-state index >= 15 is 0 Å². The summed E-state index contributed by atoms with van der Waals surface area (Å²) in [6, 6.07) is 11.6. The maximum Gasteiger partial charge on any atom is 0.417 e. The van der Waals surface area contributed by atoms with Gasteiger partial charge in [0.2, 0.25) is 5.91 Å². The third-order valence-electron chi connectivity index (χ3n) is 4.02. The zero-order valence-corrected chi connectivity index (χ0v) is 13.2. The van der Waals surface area contributed by atoms with Gasteiger partial charge in [-0.25, -0.2) is 4.79 Å². The van der Waals surface area contributed by atoms with Crippen LogP contribution >= 0.6 is 0 Å². The van der Waals surface area contributed by atoms with Gasteiger partial charge in [0.15, 0.2) is 5.58 Å². The van der Waals surface area contributed by atoms with Gasteiger partial charge >= 0.3 is 5.76 Å². The Morgan fingerprint density at radius 2 is 1.84 bits per heavy atom. The molecule has 2 amide bonds. The molecule has 1 saturated carbocycles. The average Bonchev–Trinajstić information content (AvgIpc) is 3.37. The van der Waals surface area contributed by atoms with Gasteiger partial charge in [-0.05, 0) is 49.2 Å². The van der Waals surface area contributed by atoms with Crippen molar-refractivity contribution in [3.05, 3.63) is 58.6 Å². The van der Waals surface area contributed by atoms with Crippen LogP contribution in [0.3, 0.4) is 0 Å². The van der Waals surface area contributed by atoms with Gasteiger partial charge in [-0.3, -0.25) is 14.6 Å². The molecule has 126 valence electrons. The highest BCUT2D eigenvalue weighted by Gasteiger charge is 2.29. The molecule has 1 aromatic heterocycles. The number of nitrogens with one attached hydrogen (secondary N) is 3. The van der Waals surface area contributed by atoms with Crippen LogP contribution in [0.15, 0.2) is 51.7 Å². The highest BCUT2D eigenvalue weighted by molar-refractivity contribution is 6.06. The Labute approximate surface area is 142 Å². The molecule has 3 aromatic rings. The summed E-state index contributed by atoms with van der Waals surface area (Å²) in [5.41, 5.74) is 2.48. The number of aromatic nitrogens is 1. The van der Waals surface area contributed by atoms with Crippen molar-refractivity contribution in [3.8, 4) is 0 Å². The lowest BCUT2D eigenvalue weighted by atomic mass is 10.1. The van der Waals surface area contributed by atoms with E-state index in [0.29, 0.717) is 28.0 Å². The molecule has 25 heavy (non-hydrogen) atoms. The van der Waals surface area contributed by atoms with Crippen LogP contribution in [0.5, 0.6) is 0 Å². The van der Waals surface area contributed by atoms with Crippen molar-refractivity contribution < 1.29 is 14.0 Å². The number of amides is 2. The minimum atomic E-state index is -0.544. The molecule has 0 saturated heterocycles. The van der Waals surface area contributed by atoms with Crippen molar-refractivity contribution >= 4 is 34.3 Å². The van der Waals surface area contributed by atoms with Gasteiger partial charge in [0.05, 0.1) is 5.52 Å². The van der Waals surface area contributed by atoms with Crippen LogP contribution in [0.25, 0.3) is 11.1 Å². The van der Waals surface area contributed by atoms with E-state index in [1.165, 1.54) is 0 Å². The van der Waals surface area contributed by atoms with Gasteiger partial charge in [-0.1, -0.05) is 6.07 Å². The van der Waals surface area contributed by atoms with E-state index in [9.17, 15) is 14.4 Å². The molecule has 1 aliphatic carbocycles. The Hall–Kier alpha value is -3.35. The molecule has 0 atom stereocenters. The fourth-order valence-electron chi connectivity index (χ4n) is 2.56. The summed E-state index contributed by atoms with van der Waals surface area (Å²) >= 11 is 0. The molecule has 1 fully saturated rings. The first-order chi connectivity index (χ1) is 12.1. The topological polar surface area (TPSA) is 104 Å². The fourth-order valence-corrected chi connectivity index (χ4v) is 2.56. The predicted octanol–water partition coefficient (Wildman–Crippen LogP) is 2.72. The number of oxazole rings is 1. The molecule has 3 N–H and O–H groups in total. The molecule has 7 nitrogen and oxygen atoms in total. The molecular formula is C18H15N3O4. The maximum absolute atomic E-state index is 12.4. The van der Waals surface area contributed by atoms with Gasteiger partial charge in [0.1, 0.15) is 0 Å². The van der Waals surface area contributed by atoms with Crippen molar-refractivity contribution in [1.29, 1.82) is 0 Å². The number of rotatable bonds is 4. The summed E-state index contributed by atoms with van der Waals surface area (Å²) in [5, 5.41) is 5.58. The first-order valence-corrected chi connectivity index (χ1v) is 7.94. The molecule has 1 heterocycles. The highest BCUT2D eigenvalue weighted by atomic mass is 16.4. The number of carbonyl (C=O) groups excluding carboxylic acids is 2. The van der Waals surface area contributed by atoms with Crippen LogP contribution in [0.2, 0.25) is 0 Å². The van der Waals surface area contributed by atoms with E-state index in [1.807, 2.05) is 0 Å². The molecular weight excluding hydrogens is 322 g/mol. The number of hydrogen-bond donors (Lipinski definition) is 3. The van der Waals surface area contributed by atoms with Crippen LogP contribution in [0, 0.1) is 5.92 Å². The summed E-state index contributed by atoms with van der Waals surface area (Å²) < 4.78 is 4.93. The largest absolute Gasteiger partial charge is 0.417 e. The Balaban J connectivity index is 1.51. The van der Waals surface area contributed by atoms with Crippen LogP contribution in [-0.2, 0) is 4.79 Å². The van der Waals surface area contributed by atoms with Gasteiger partial charge < -0.3 is 15.1 Å². The molecule has 7 heteroatoms. The lowest BCUT2D eigenvalue weighted by molar-refractivity contribution is -0.117. The molecule has 4 rings (SSSR count). The van der Waals surface area contributed by atoms with Crippen molar-refractivity contribution in [2.75, 3.05) is 10.6 Å². The van der Waals surface area contributed by atoms with Crippen LogP contribution in [-0.4, -0.2) is 16.8 Å². The monoisotopic (exact) mass is 337 g/mol. The third-order valence-corrected chi connectivity index (χ3v) is 4.02. The third kappa shape index (κ3) is 3.30. The number of fused-ring (bicyclic) bond motifs is 1. The smallest absolute Gasteiger partial charge is 0.408 e. The summed E-state index contributed by atoms with van der Waals surface area (Å²) in [4.78, 5) is 38.0. The molecule has 0 radical (unpaired) electrons. The molecule has 0 aliphatic heterocycles. The van der Waals surface area contributed by atoms with Gasteiger partial charge in [0, 0.05) is 22.9 Å². The van der Waals surface area contributed by atoms with Gasteiger partial charge in [-0.15, -0.1) is 0 Å². The summed E-state index contributed by atoms with van der Waals surface area (Å²) in [7, 11) is 0. The standard InChI is InChI=1S/C18H15N3O4/c22-16(10-4-5-10)19-12-3-1-2-11(8-12)17(23)20-13-6-7-15-14(9-13)21-18(24)25-15/h1-3,6-10H,4-5H2,(H,19,22)(H,20,23)(H,21,24). The van der Waals surface area contributed by atoms with Crippen molar-refractivity contribution in [1.82, 2.24) is 4.98 Å². The van der Waals surface area contributed by atoms with E-state index in [4.69, 9.17) is 4.42 Å². The second-order valence-corrected chi connectivity index (χ2v) is 6.02. The van der Waals surface area contributed by atoms with E-state index in [-0.39, 0.29) is 17.7 Å². The number of carbonyl (C=O) groups is 2. The van der Waals surface area contributed by atoms with Crippen LogP contribution < -0.4 is 16.4 Å². The van der Waals surface area contributed by atoms with Crippen LogP contribution in [0.4, 0.5) is 11.4 Å². The normalized spacial score (nSPS) is 13.6. The summed E-state index contributed by atoms with van der Waals surface area (Å²) in [5.74, 6) is -0.765. The molecule has 1 aliphatic rings. The van der Waals surface area contributed by atoms with E-state index in [0.717, 1.165) is 12.8 Å². The van der Waals surface area contributed by atoms with Crippen molar-refractivity contribution in [2.45, 2.75) is 12.8 Å². The Kier molecular flexibility index (Phi) is 3.61. The van der Waals surface area contributed by atoms with E-state index in [2.05, 4.69) is 15.6 Å².